The summed E-state index contributed by atoms with van der Waals surface area (Å²) in [5.41, 5.74) is 0. The molecule has 1 fully saturated rings. The van der Waals surface area contributed by atoms with Gasteiger partial charge in [-0.25, -0.2) is 0 Å². The first kappa shape index (κ1) is 13.9. The molecule has 0 saturated carbocycles. The van der Waals surface area contributed by atoms with E-state index in [1.165, 1.54) is 45.3 Å². The highest BCUT2D eigenvalue weighted by atomic mass is 15.3. The third kappa shape index (κ3) is 4.04. The molecule has 0 spiro atoms. The Morgan fingerprint density at radius 2 is 2.00 bits per heavy atom. The Morgan fingerprint density at radius 1 is 1.25 bits per heavy atom. The van der Waals surface area contributed by atoms with E-state index >= 15 is 0 Å². The predicted octanol–water partition coefficient (Wildman–Crippen LogP) is 1.40. The monoisotopic (exact) mass is 227 g/mol. The standard InChI is InChI=1S/C13H29N3/c1-5-6-7-8-12(14-2)13-11-15(3)9-10-16(13)4/h12-14H,5-11H2,1-4H3. The van der Waals surface area contributed by atoms with E-state index in [2.05, 4.69) is 43.2 Å². The van der Waals surface area contributed by atoms with Crippen molar-refractivity contribution in [1.82, 2.24) is 15.1 Å². The molecule has 1 saturated heterocycles. The van der Waals surface area contributed by atoms with Crippen LogP contribution in [0.5, 0.6) is 0 Å². The molecule has 96 valence electrons. The van der Waals surface area contributed by atoms with Crippen LogP contribution in [-0.2, 0) is 0 Å². The average Bonchev–Trinajstić information content (AvgIpc) is 2.28. The minimum absolute atomic E-state index is 0.652. The van der Waals surface area contributed by atoms with Crippen LogP contribution in [0.15, 0.2) is 0 Å². The van der Waals surface area contributed by atoms with Gasteiger partial charge in [-0.2, -0.15) is 0 Å². The average molecular weight is 227 g/mol. The zero-order valence-electron chi connectivity index (χ0n) is 11.5. The molecule has 3 nitrogen and oxygen atoms in total. The van der Waals surface area contributed by atoms with Crippen molar-refractivity contribution in [3.05, 3.63) is 0 Å². The normalized spacial score (nSPS) is 25.9. The van der Waals surface area contributed by atoms with Gasteiger partial charge in [0.2, 0.25) is 0 Å². The second kappa shape index (κ2) is 7.25. The Morgan fingerprint density at radius 3 is 2.62 bits per heavy atom. The van der Waals surface area contributed by atoms with Crippen molar-refractivity contribution < 1.29 is 0 Å². The molecule has 1 rings (SSSR count). The molecule has 0 amide bonds. The number of hydrogen-bond donors (Lipinski definition) is 1. The molecule has 16 heavy (non-hydrogen) atoms. The molecule has 0 bridgehead atoms. The molecular weight excluding hydrogens is 198 g/mol. The van der Waals surface area contributed by atoms with Crippen LogP contribution in [-0.4, -0.2) is 62.7 Å². The summed E-state index contributed by atoms with van der Waals surface area (Å²) < 4.78 is 0. The van der Waals surface area contributed by atoms with Gasteiger partial charge in [-0.05, 0) is 27.6 Å². The summed E-state index contributed by atoms with van der Waals surface area (Å²) in [7, 11) is 6.61. The van der Waals surface area contributed by atoms with Crippen LogP contribution in [0.3, 0.4) is 0 Å². The highest BCUT2D eigenvalue weighted by molar-refractivity contribution is 4.88. The van der Waals surface area contributed by atoms with Gasteiger partial charge in [0.25, 0.3) is 0 Å². The molecule has 1 heterocycles. The molecule has 2 unspecified atom stereocenters. The van der Waals surface area contributed by atoms with Crippen LogP contribution < -0.4 is 5.32 Å². The third-order valence-electron chi connectivity index (χ3n) is 3.85. The molecular formula is C13H29N3. The third-order valence-corrected chi connectivity index (χ3v) is 3.85. The Kier molecular flexibility index (Phi) is 6.32. The lowest BCUT2D eigenvalue weighted by atomic mass is 9.98. The van der Waals surface area contributed by atoms with Crippen molar-refractivity contribution in [3.63, 3.8) is 0 Å². The minimum Gasteiger partial charge on any atom is -0.315 e. The van der Waals surface area contributed by atoms with Crippen molar-refractivity contribution in [2.75, 3.05) is 40.8 Å². The number of piperazine rings is 1. The maximum Gasteiger partial charge on any atom is 0.0373 e. The van der Waals surface area contributed by atoms with Crippen molar-refractivity contribution in [2.45, 2.75) is 44.7 Å². The fraction of sp³-hybridized carbons (Fsp3) is 1.00. The SMILES string of the molecule is CCCCCC(NC)C1CN(C)CCN1C. The molecule has 0 aromatic carbocycles. The summed E-state index contributed by atoms with van der Waals surface area (Å²) in [4.78, 5) is 4.97. The largest absolute Gasteiger partial charge is 0.315 e. The van der Waals surface area contributed by atoms with Gasteiger partial charge in [0.1, 0.15) is 0 Å². The van der Waals surface area contributed by atoms with Gasteiger partial charge in [-0.1, -0.05) is 26.2 Å². The van der Waals surface area contributed by atoms with Crippen molar-refractivity contribution in [3.8, 4) is 0 Å². The summed E-state index contributed by atoms with van der Waals surface area (Å²) in [6, 6.07) is 1.33. The number of nitrogens with one attached hydrogen (secondary N) is 1. The number of likely N-dealkylation sites (N-methyl/N-ethyl adjacent to an activating group) is 3. The van der Waals surface area contributed by atoms with Crippen LogP contribution in [0, 0.1) is 0 Å². The van der Waals surface area contributed by atoms with Gasteiger partial charge >= 0.3 is 0 Å². The molecule has 3 heteroatoms. The van der Waals surface area contributed by atoms with Gasteiger partial charge in [-0.3, -0.25) is 4.90 Å². The van der Waals surface area contributed by atoms with Crippen molar-refractivity contribution in [2.24, 2.45) is 0 Å². The van der Waals surface area contributed by atoms with E-state index in [0.717, 1.165) is 0 Å². The lowest BCUT2D eigenvalue weighted by molar-refractivity contribution is 0.0866. The molecule has 0 aliphatic carbocycles. The molecule has 1 aliphatic heterocycles. The number of hydrogen-bond acceptors (Lipinski definition) is 3. The van der Waals surface area contributed by atoms with Gasteiger partial charge < -0.3 is 10.2 Å². The van der Waals surface area contributed by atoms with Gasteiger partial charge in [0, 0.05) is 31.7 Å². The van der Waals surface area contributed by atoms with E-state index in [-0.39, 0.29) is 0 Å². The van der Waals surface area contributed by atoms with E-state index in [1.54, 1.807) is 0 Å². The van der Waals surface area contributed by atoms with E-state index in [9.17, 15) is 0 Å². The summed E-state index contributed by atoms with van der Waals surface area (Å²) in [6.07, 6.45) is 5.35. The van der Waals surface area contributed by atoms with Gasteiger partial charge in [0.15, 0.2) is 0 Å². The molecule has 0 aromatic rings. The van der Waals surface area contributed by atoms with Gasteiger partial charge in [0.05, 0.1) is 0 Å². The number of rotatable bonds is 6. The highest BCUT2D eigenvalue weighted by Crippen LogP contribution is 2.14. The lowest BCUT2D eigenvalue weighted by Gasteiger charge is -2.42. The first-order valence-corrected chi connectivity index (χ1v) is 6.75. The summed E-state index contributed by atoms with van der Waals surface area (Å²) in [5.74, 6) is 0. The van der Waals surface area contributed by atoms with Crippen LogP contribution in [0.1, 0.15) is 32.6 Å². The number of nitrogens with zero attached hydrogens (tertiary/aromatic N) is 2. The Balaban J connectivity index is 2.42. The molecule has 0 radical (unpaired) electrons. The quantitative estimate of drug-likeness (QED) is 0.692. The maximum atomic E-state index is 3.51. The summed E-state index contributed by atoms with van der Waals surface area (Å²) in [6.45, 7) is 5.88. The topological polar surface area (TPSA) is 18.5 Å². The maximum absolute atomic E-state index is 3.51. The predicted molar refractivity (Wildman–Crippen MR) is 70.9 cm³/mol. The van der Waals surface area contributed by atoms with Crippen LogP contribution >= 0.6 is 0 Å². The second-order valence-electron chi connectivity index (χ2n) is 5.20. The van der Waals surface area contributed by atoms with Crippen molar-refractivity contribution >= 4 is 0 Å². The van der Waals surface area contributed by atoms with Crippen molar-refractivity contribution in [1.29, 1.82) is 0 Å². The summed E-state index contributed by atoms with van der Waals surface area (Å²) in [5, 5.41) is 3.51. The number of unbranched alkanes of at least 4 members (excludes halogenated alkanes) is 2. The Bertz CT molecular complexity index is 184. The van der Waals surface area contributed by atoms with E-state index < -0.39 is 0 Å². The zero-order chi connectivity index (χ0) is 12.0. The molecule has 1 N–H and O–H groups in total. The van der Waals surface area contributed by atoms with E-state index in [1.807, 2.05) is 0 Å². The van der Waals surface area contributed by atoms with E-state index in [0.29, 0.717) is 12.1 Å². The minimum atomic E-state index is 0.652. The highest BCUT2D eigenvalue weighted by Gasteiger charge is 2.28. The van der Waals surface area contributed by atoms with Crippen LogP contribution in [0.4, 0.5) is 0 Å². The molecule has 0 aromatic heterocycles. The summed E-state index contributed by atoms with van der Waals surface area (Å²) >= 11 is 0. The fourth-order valence-electron chi connectivity index (χ4n) is 2.62. The first-order chi connectivity index (χ1) is 7.69. The van der Waals surface area contributed by atoms with Gasteiger partial charge in [-0.15, -0.1) is 0 Å². The zero-order valence-corrected chi connectivity index (χ0v) is 11.5. The first-order valence-electron chi connectivity index (χ1n) is 6.75. The van der Waals surface area contributed by atoms with Crippen LogP contribution in [0.2, 0.25) is 0 Å². The Labute approximate surface area is 101 Å². The fourth-order valence-corrected chi connectivity index (χ4v) is 2.62. The molecule has 2 atom stereocenters. The van der Waals surface area contributed by atoms with E-state index in [4.69, 9.17) is 0 Å². The Hall–Kier alpha value is -0.120. The smallest absolute Gasteiger partial charge is 0.0373 e. The lowest BCUT2D eigenvalue weighted by Crippen LogP contribution is -2.58. The van der Waals surface area contributed by atoms with Crippen LogP contribution in [0.25, 0.3) is 0 Å². The molecule has 1 aliphatic rings. The second-order valence-corrected chi connectivity index (χ2v) is 5.20.